The summed E-state index contributed by atoms with van der Waals surface area (Å²) in [5.41, 5.74) is 4.75. The van der Waals surface area contributed by atoms with Gasteiger partial charge in [-0.25, -0.2) is 0 Å². The van der Waals surface area contributed by atoms with Gasteiger partial charge in [-0.1, -0.05) is 11.6 Å². The minimum Gasteiger partial charge on any atom is -0.506 e. The number of phenolic OH excluding ortho intramolecular Hbond substituents is 1. The van der Waals surface area contributed by atoms with Crippen molar-refractivity contribution < 1.29 is 14.7 Å². The van der Waals surface area contributed by atoms with E-state index in [0.717, 1.165) is 0 Å². The number of nitrogens with two attached hydrogens (primary N) is 1. The molecule has 0 heterocycles. The Morgan fingerprint density at radius 1 is 1.43 bits per heavy atom. The first-order chi connectivity index (χ1) is 6.50. The second-order valence-electron chi connectivity index (χ2n) is 2.48. The number of rotatable bonds is 1. The Morgan fingerprint density at radius 2 is 2.07 bits per heavy atom. The Morgan fingerprint density at radius 3 is 2.64 bits per heavy atom. The number of benzene rings is 1. The average Bonchev–Trinajstić information content (AvgIpc) is 2.11. The third-order valence-corrected chi connectivity index (χ3v) is 1.67. The molecule has 0 saturated heterocycles. The number of hydrogen-bond acceptors (Lipinski definition) is 3. The Bertz CT molecular complexity index is 392. The highest BCUT2D eigenvalue weighted by Crippen LogP contribution is 2.26. The van der Waals surface area contributed by atoms with Crippen LogP contribution in [0.3, 0.4) is 0 Å². The number of amides is 2. The molecule has 0 aliphatic rings. The zero-order valence-corrected chi connectivity index (χ0v) is 7.71. The van der Waals surface area contributed by atoms with Gasteiger partial charge in [-0.3, -0.25) is 9.59 Å². The van der Waals surface area contributed by atoms with Crippen molar-refractivity contribution in [2.45, 2.75) is 0 Å². The molecule has 2 amide bonds. The fourth-order valence-corrected chi connectivity index (χ4v) is 0.964. The van der Waals surface area contributed by atoms with Gasteiger partial charge in [0.05, 0.1) is 5.69 Å². The van der Waals surface area contributed by atoms with Gasteiger partial charge in [0.15, 0.2) is 0 Å². The number of aromatic hydroxyl groups is 1. The number of carbonyl (C=O) groups excluding carboxylic acids is 2. The molecule has 6 heteroatoms. The molecule has 0 aliphatic carbocycles. The molecule has 0 aromatic heterocycles. The van der Waals surface area contributed by atoms with Gasteiger partial charge in [0.1, 0.15) is 5.75 Å². The standard InChI is InChI=1S/C8H7ClN2O3/c9-4-1-2-6(12)5(3-4)11-8(14)7(10)13/h1-3,12H,(H2,10,13)(H,11,14). The molecule has 0 fully saturated rings. The summed E-state index contributed by atoms with van der Waals surface area (Å²) in [6.07, 6.45) is 0. The van der Waals surface area contributed by atoms with E-state index in [9.17, 15) is 14.7 Å². The van der Waals surface area contributed by atoms with Crippen molar-refractivity contribution in [2.24, 2.45) is 5.73 Å². The minimum absolute atomic E-state index is 0.0429. The third-order valence-electron chi connectivity index (χ3n) is 1.43. The smallest absolute Gasteiger partial charge is 0.313 e. The summed E-state index contributed by atoms with van der Waals surface area (Å²) < 4.78 is 0. The van der Waals surface area contributed by atoms with Gasteiger partial charge in [-0.15, -0.1) is 0 Å². The summed E-state index contributed by atoms with van der Waals surface area (Å²) >= 11 is 5.60. The molecule has 5 nitrogen and oxygen atoms in total. The van der Waals surface area contributed by atoms with Crippen LogP contribution in [-0.2, 0) is 9.59 Å². The topological polar surface area (TPSA) is 92.4 Å². The van der Waals surface area contributed by atoms with Crippen molar-refractivity contribution in [2.75, 3.05) is 5.32 Å². The van der Waals surface area contributed by atoms with Crippen LogP contribution in [0.15, 0.2) is 18.2 Å². The number of anilines is 1. The van der Waals surface area contributed by atoms with Crippen molar-refractivity contribution >= 4 is 29.1 Å². The predicted molar refractivity (Wildman–Crippen MR) is 50.9 cm³/mol. The molecule has 0 unspecified atom stereocenters. The van der Waals surface area contributed by atoms with Crippen LogP contribution in [0, 0.1) is 0 Å². The third kappa shape index (κ3) is 2.37. The van der Waals surface area contributed by atoms with Gasteiger partial charge >= 0.3 is 11.8 Å². The summed E-state index contributed by atoms with van der Waals surface area (Å²) in [5.74, 6) is -2.34. The monoisotopic (exact) mass is 214 g/mol. The number of halogens is 1. The van der Waals surface area contributed by atoms with Crippen LogP contribution in [0.25, 0.3) is 0 Å². The lowest BCUT2D eigenvalue weighted by Crippen LogP contribution is -2.29. The van der Waals surface area contributed by atoms with Crippen molar-refractivity contribution in [3.8, 4) is 5.75 Å². The van der Waals surface area contributed by atoms with E-state index < -0.39 is 11.8 Å². The van der Waals surface area contributed by atoms with Crippen molar-refractivity contribution in [3.05, 3.63) is 23.2 Å². The number of carbonyl (C=O) groups is 2. The Labute approximate surface area is 84.5 Å². The van der Waals surface area contributed by atoms with E-state index >= 15 is 0 Å². The number of phenols is 1. The lowest BCUT2D eigenvalue weighted by Gasteiger charge is -2.04. The fourth-order valence-electron chi connectivity index (χ4n) is 0.792. The SMILES string of the molecule is NC(=O)C(=O)Nc1cc(Cl)ccc1O. The van der Waals surface area contributed by atoms with Crippen molar-refractivity contribution in [1.82, 2.24) is 0 Å². The lowest BCUT2D eigenvalue weighted by molar-refractivity contribution is -0.134. The first-order valence-corrected chi connectivity index (χ1v) is 3.98. The predicted octanol–water partition coefficient (Wildman–Crippen LogP) is 0.469. The molecule has 0 saturated carbocycles. The molecule has 1 aromatic carbocycles. The van der Waals surface area contributed by atoms with Gasteiger partial charge < -0.3 is 16.2 Å². The number of primary amides is 1. The van der Waals surface area contributed by atoms with Crippen LogP contribution < -0.4 is 11.1 Å². The lowest BCUT2D eigenvalue weighted by atomic mass is 10.3. The van der Waals surface area contributed by atoms with E-state index in [1.165, 1.54) is 18.2 Å². The van der Waals surface area contributed by atoms with Crippen LogP contribution in [0.2, 0.25) is 5.02 Å². The van der Waals surface area contributed by atoms with Gasteiger partial charge in [0, 0.05) is 5.02 Å². The van der Waals surface area contributed by atoms with E-state index in [2.05, 4.69) is 5.32 Å². The maximum Gasteiger partial charge on any atom is 0.313 e. The molecular formula is C8H7ClN2O3. The average molecular weight is 215 g/mol. The van der Waals surface area contributed by atoms with E-state index in [0.29, 0.717) is 5.02 Å². The molecular weight excluding hydrogens is 208 g/mol. The minimum atomic E-state index is -1.13. The Kier molecular flexibility index (Phi) is 2.93. The van der Waals surface area contributed by atoms with E-state index in [-0.39, 0.29) is 11.4 Å². The summed E-state index contributed by atoms with van der Waals surface area (Å²) in [6.45, 7) is 0. The zero-order chi connectivity index (χ0) is 10.7. The maximum absolute atomic E-state index is 10.8. The van der Waals surface area contributed by atoms with E-state index in [4.69, 9.17) is 17.3 Å². The summed E-state index contributed by atoms with van der Waals surface area (Å²) in [5, 5.41) is 11.7. The molecule has 4 N–H and O–H groups in total. The Hall–Kier alpha value is -1.75. The highest BCUT2D eigenvalue weighted by molar-refractivity contribution is 6.39. The van der Waals surface area contributed by atoms with Crippen LogP contribution in [0.4, 0.5) is 5.69 Å². The van der Waals surface area contributed by atoms with Crippen LogP contribution >= 0.6 is 11.6 Å². The fraction of sp³-hybridized carbons (Fsp3) is 0. The van der Waals surface area contributed by atoms with Gasteiger partial charge in [-0.05, 0) is 18.2 Å². The molecule has 0 atom stereocenters. The van der Waals surface area contributed by atoms with Gasteiger partial charge in [-0.2, -0.15) is 0 Å². The van der Waals surface area contributed by atoms with E-state index in [1.807, 2.05) is 0 Å². The molecule has 0 radical (unpaired) electrons. The zero-order valence-electron chi connectivity index (χ0n) is 6.95. The Balaban J connectivity index is 2.91. The van der Waals surface area contributed by atoms with Crippen LogP contribution in [0.5, 0.6) is 5.75 Å². The van der Waals surface area contributed by atoms with Crippen molar-refractivity contribution in [1.29, 1.82) is 0 Å². The van der Waals surface area contributed by atoms with Gasteiger partial charge in [0.2, 0.25) is 0 Å². The molecule has 0 bridgehead atoms. The summed E-state index contributed by atoms with van der Waals surface area (Å²) in [6, 6.07) is 4.04. The quantitative estimate of drug-likeness (QED) is 0.469. The highest BCUT2D eigenvalue weighted by atomic mass is 35.5. The molecule has 1 rings (SSSR count). The second kappa shape index (κ2) is 3.97. The van der Waals surface area contributed by atoms with Gasteiger partial charge in [0.25, 0.3) is 0 Å². The molecule has 0 spiro atoms. The normalized spacial score (nSPS) is 9.50. The first-order valence-electron chi connectivity index (χ1n) is 3.60. The number of hydrogen-bond donors (Lipinski definition) is 3. The first kappa shape index (κ1) is 10.3. The molecule has 74 valence electrons. The summed E-state index contributed by atoms with van der Waals surface area (Å²) in [4.78, 5) is 21.2. The van der Waals surface area contributed by atoms with E-state index in [1.54, 1.807) is 0 Å². The van der Waals surface area contributed by atoms with Crippen LogP contribution in [0.1, 0.15) is 0 Å². The molecule has 14 heavy (non-hydrogen) atoms. The number of nitrogens with one attached hydrogen (secondary N) is 1. The largest absolute Gasteiger partial charge is 0.506 e. The van der Waals surface area contributed by atoms with Crippen LogP contribution in [-0.4, -0.2) is 16.9 Å². The molecule has 1 aromatic rings. The highest BCUT2D eigenvalue weighted by Gasteiger charge is 2.11. The summed E-state index contributed by atoms with van der Waals surface area (Å²) in [7, 11) is 0. The van der Waals surface area contributed by atoms with Crippen molar-refractivity contribution in [3.63, 3.8) is 0 Å². The second-order valence-corrected chi connectivity index (χ2v) is 2.92. The molecule has 0 aliphatic heterocycles. The maximum atomic E-state index is 10.8.